The van der Waals surface area contributed by atoms with Gasteiger partial charge in [0.15, 0.2) is 0 Å². The number of fused-ring (bicyclic) bond motifs is 1. The number of amides is 1. The van der Waals surface area contributed by atoms with Crippen LogP contribution in [-0.4, -0.2) is 24.5 Å². The van der Waals surface area contributed by atoms with Crippen molar-refractivity contribution in [3.63, 3.8) is 0 Å². The highest BCUT2D eigenvalue weighted by Gasteiger charge is 2.42. The van der Waals surface area contributed by atoms with Crippen LogP contribution in [0.25, 0.3) is 0 Å². The molecule has 4 atom stereocenters. The Bertz CT molecular complexity index is 267. The lowest BCUT2D eigenvalue weighted by atomic mass is 9.93. The number of carbonyl (C=O) groups is 1. The second kappa shape index (κ2) is 5.85. The zero-order valence-electron chi connectivity index (χ0n) is 11.2. The molecule has 3 nitrogen and oxygen atoms in total. The molecule has 4 unspecified atom stereocenters. The predicted molar refractivity (Wildman–Crippen MR) is 69.8 cm³/mol. The number of hydrogen-bond acceptors (Lipinski definition) is 2. The van der Waals surface area contributed by atoms with E-state index >= 15 is 0 Å². The van der Waals surface area contributed by atoms with Gasteiger partial charge < -0.3 is 10.6 Å². The van der Waals surface area contributed by atoms with Gasteiger partial charge in [0.25, 0.3) is 0 Å². The number of carbonyl (C=O) groups excluding carboxylic acids is 1. The van der Waals surface area contributed by atoms with Crippen LogP contribution in [-0.2, 0) is 4.79 Å². The molecule has 2 fully saturated rings. The zero-order chi connectivity index (χ0) is 12.3. The normalized spacial score (nSPS) is 33.4. The molecule has 1 saturated heterocycles. The molecule has 98 valence electrons. The average Bonchev–Trinajstić information content (AvgIpc) is 2.89. The van der Waals surface area contributed by atoms with Crippen LogP contribution in [0.1, 0.15) is 52.4 Å². The van der Waals surface area contributed by atoms with Gasteiger partial charge in [-0.1, -0.05) is 26.7 Å². The van der Waals surface area contributed by atoms with Crippen LogP contribution in [0.2, 0.25) is 0 Å². The molecule has 1 heterocycles. The fourth-order valence-corrected chi connectivity index (χ4v) is 3.49. The van der Waals surface area contributed by atoms with Gasteiger partial charge in [-0.3, -0.25) is 4.79 Å². The molecule has 2 N–H and O–H groups in total. The molecule has 0 aromatic heterocycles. The van der Waals surface area contributed by atoms with Crippen LogP contribution in [0.3, 0.4) is 0 Å². The highest BCUT2D eigenvalue weighted by Crippen LogP contribution is 2.37. The van der Waals surface area contributed by atoms with Crippen molar-refractivity contribution in [3.05, 3.63) is 0 Å². The topological polar surface area (TPSA) is 41.1 Å². The van der Waals surface area contributed by atoms with Gasteiger partial charge in [0.05, 0.1) is 6.04 Å². The van der Waals surface area contributed by atoms with Gasteiger partial charge in [0.1, 0.15) is 0 Å². The minimum atomic E-state index is 0.0911. The van der Waals surface area contributed by atoms with Crippen LogP contribution >= 0.6 is 0 Å². The van der Waals surface area contributed by atoms with Gasteiger partial charge in [0, 0.05) is 6.04 Å². The number of hydrogen-bond donors (Lipinski definition) is 2. The summed E-state index contributed by atoms with van der Waals surface area (Å²) in [5, 5.41) is 6.64. The lowest BCUT2D eigenvalue weighted by molar-refractivity contribution is -0.124. The molecule has 1 amide bonds. The minimum absolute atomic E-state index is 0.0911. The van der Waals surface area contributed by atoms with E-state index in [4.69, 9.17) is 0 Å². The van der Waals surface area contributed by atoms with E-state index in [1.54, 1.807) is 0 Å². The Morgan fingerprint density at radius 1 is 1.41 bits per heavy atom. The number of rotatable bonds is 5. The van der Waals surface area contributed by atoms with Gasteiger partial charge >= 0.3 is 0 Å². The Morgan fingerprint density at radius 3 is 2.94 bits per heavy atom. The van der Waals surface area contributed by atoms with Gasteiger partial charge in [0.2, 0.25) is 5.91 Å². The summed E-state index contributed by atoms with van der Waals surface area (Å²) in [6.07, 6.45) is 7.15. The summed E-state index contributed by atoms with van der Waals surface area (Å²) in [5.41, 5.74) is 0. The fraction of sp³-hybridized carbons (Fsp3) is 0.929. The van der Waals surface area contributed by atoms with E-state index in [0.717, 1.165) is 31.7 Å². The van der Waals surface area contributed by atoms with Crippen molar-refractivity contribution in [2.75, 3.05) is 6.54 Å². The third-order valence-corrected chi connectivity index (χ3v) is 4.50. The third kappa shape index (κ3) is 2.82. The van der Waals surface area contributed by atoms with Crippen molar-refractivity contribution < 1.29 is 4.79 Å². The van der Waals surface area contributed by atoms with Crippen molar-refractivity contribution in [2.45, 2.75) is 64.5 Å². The van der Waals surface area contributed by atoms with Crippen molar-refractivity contribution in [1.29, 1.82) is 0 Å². The van der Waals surface area contributed by atoms with Crippen LogP contribution in [0.4, 0.5) is 0 Å². The monoisotopic (exact) mass is 238 g/mol. The van der Waals surface area contributed by atoms with Crippen molar-refractivity contribution in [1.82, 2.24) is 10.6 Å². The van der Waals surface area contributed by atoms with E-state index in [1.807, 2.05) is 0 Å². The van der Waals surface area contributed by atoms with Crippen LogP contribution in [0.5, 0.6) is 0 Å². The molecule has 0 aromatic carbocycles. The van der Waals surface area contributed by atoms with E-state index in [1.165, 1.54) is 19.3 Å². The second-order valence-electron chi connectivity index (χ2n) is 5.64. The van der Waals surface area contributed by atoms with Crippen LogP contribution in [0, 0.1) is 11.8 Å². The highest BCUT2D eigenvalue weighted by atomic mass is 16.2. The molecular formula is C14H26N2O. The lowest BCUT2D eigenvalue weighted by Crippen LogP contribution is -2.47. The van der Waals surface area contributed by atoms with Crippen molar-refractivity contribution >= 4 is 5.91 Å². The molecule has 3 heteroatoms. The van der Waals surface area contributed by atoms with E-state index in [2.05, 4.69) is 24.5 Å². The predicted octanol–water partition coefficient (Wildman–Crippen LogP) is 2.07. The first-order valence-electron chi connectivity index (χ1n) is 7.30. The first-order chi connectivity index (χ1) is 8.26. The summed E-state index contributed by atoms with van der Waals surface area (Å²) in [7, 11) is 0. The smallest absolute Gasteiger partial charge is 0.237 e. The first kappa shape index (κ1) is 12.9. The molecule has 0 aromatic rings. The molecule has 0 radical (unpaired) electrons. The van der Waals surface area contributed by atoms with Gasteiger partial charge in [-0.05, 0) is 44.1 Å². The molecule has 0 spiro atoms. The van der Waals surface area contributed by atoms with Gasteiger partial charge in [-0.2, -0.15) is 0 Å². The summed E-state index contributed by atoms with van der Waals surface area (Å²) >= 11 is 0. The summed E-state index contributed by atoms with van der Waals surface area (Å²) in [6, 6.07) is 0.461. The summed E-state index contributed by atoms with van der Waals surface area (Å²) in [4.78, 5) is 12.3. The van der Waals surface area contributed by atoms with Gasteiger partial charge in [-0.15, -0.1) is 0 Å². The summed E-state index contributed by atoms with van der Waals surface area (Å²) in [6.45, 7) is 5.38. The van der Waals surface area contributed by atoms with Crippen molar-refractivity contribution in [2.24, 2.45) is 11.8 Å². The van der Waals surface area contributed by atoms with Gasteiger partial charge in [-0.25, -0.2) is 0 Å². The SMILES string of the molecule is CCCC(CC)NC(=O)C1NCC2CCCC21. The molecule has 1 aliphatic heterocycles. The third-order valence-electron chi connectivity index (χ3n) is 4.50. The van der Waals surface area contributed by atoms with Crippen LogP contribution in [0.15, 0.2) is 0 Å². The Labute approximate surface area is 105 Å². The maximum absolute atomic E-state index is 12.3. The van der Waals surface area contributed by atoms with E-state index in [-0.39, 0.29) is 11.9 Å². The Hall–Kier alpha value is -0.570. The van der Waals surface area contributed by atoms with E-state index in [9.17, 15) is 4.79 Å². The lowest BCUT2D eigenvalue weighted by Gasteiger charge is -2.22. The fourth-order valence-electron chi connectivity index (χ4n) is 3.49. The Balaban J connectivity index is 1.87. The van der Waals surface area contributed by atoms with Crippen LogP contribution < -0.4 is 10.6 Å². The summed E-state index contributed by atoms with van der Waals surface area (Å²) in [5.74, 6) is 1.62. The van der Waals surface area contributed by atoms with Crippen molar-refractivity contribution in [3.8, 4) is 0 Å². The molecule has 2 aliphatic rings. The van der Waals surface area contributed by atoms with E-state index < -0.39 is 0 Å². The largest absolute Gasteiger partial charge is 0.352 e. The van der Waals surface area contributed by atoms with E-state index in [0.29, 0.717) is 12.0 Å². The Morgan fingerprint density at radius 2 is 2.24 bits per heavy atom. The second-order valence-corrected chi connectivity index (χ2v) is 5.64. The molecule has 1 aliphatic carbocycles. The zero-order valence-corrected chi connectivity index (χ0v) is 11.2. The molecule has 2 rings (SSSR count). The molecule has 17 heavy (non-hydrogen) atoms. The first-order valence-corrected chi connectivity index (χ1v) is 7.30. The minimum Gasteiger partial charge on any atom is -0.352 e. The molecule has 0 bridgehead atoms. The summed E-state index contributed by atoms with van der Waals surface area (Å²) < 4.78 is 0. The quantitative estimate of drug-likeness (QED) is 0.770. The molecular weight excluding hydrogens is 212 g/mol. The highest BCUT2D eigenvalue weighted by molar-refractivity contribution is 5.82. The Kier molecular flexibility index (Phi) is 4.43. The maximum Gasteiger partial charge on any atom is 0.237 e. The number of nitrogens with one attached hydrogen (secondary N) is 2. The maximum atomic E-state index is 12.3. The average molecular weight is 238 g/mol. The standard InChI is InChI=1S/C14H26N2O/c1-3-6-11(4-2)16-14(17)13-12-8-5-7-10(12)9-15-13/h10-13,15H,3-9H2,1-2H3,(H,16,17). The molecule has 1 saturated carbocycles.